The lowest BCUT2D eigenvalue weighted by atomic mass is 10.2. The first-order valence-corrected chi connectivity index (χ1v) is 5.33. The molecule has 0 aromatic carbocycles. The Kier molecular flexibility index (Phi) is 3.23. The first-order chi connectivity index (χ1) is 8.82. The van der Waals surface area contributed by atoms with Gasteiger partial charge in [-0.15, -0.1) is 0 Å². The van der Waals surface area contributed by atoms with E-state index in [0.717, 1.165) is 16.8 Å². The second-order valence-electron chi connectivity index (χ2n) is 3.56. The van der Waals surface area contributed by atoms with Gasteiger partial charge in [-0.25, -0.2) is 9.78 Å². The molecule has 100 valence electrons. The average molecular weight is 291 g/mol. The fraction of sp³-hybridized carbons (Fsp3) is 0.0909. The van der Waals surface area contributed by atoms with Gasteiger partial charge in [-0.3, -0.25) is 4.57 Å². The highest BCUT2D eigenvalue weighted by Crippen LogP contribution is 2.36. The third-order valence-electron chi connectivity index (χ3n) is 2.37. The Morgan fingerprint density at radius 3 is 2.63 bits per heavy atom. The molecule has 0 saturated heterocycles. The van der Waals surface area contributed by atoms with E-state index < -0.39 is 22.7 Å². The van der Waals surface area contributed by atoms with Crippen LogP contribution in [0.1, 0.15) is 16.1 Å². The topological polar surface area (TPSA) is 55.1 Å². The number of pyridine rings is 1. The Hall–Kier alpha value is -2.02. The van der Waals surface area contributed by atoms with Gasteiger partial charge in [0.2, 0.25) is 0 Å². The van der Waals surface area contributed by atoms with E-state index in [1.165, 1.54) is 18.3 Å². The summed E-state index contributed by atoms with van der Waals surface area (Å²) in [6.45, 7) is 0. The molecule has 0 fully saturated rings. The number of nitrogens with zero attached hydrogens (tertiary/aromatic N) is 2. The van der Waals surface area contributed by atoms with E-state index in [4.69, 9.17) is 16.7 Å². The SMILES string of the molecule is O=C(O)c1cccn1-c1nccc(C(F)(F)F)c1Cl. The molecule has 0 saturated carbocycles. The second-order valence-corrected chi connectivity index (χ2v) is 3.94. The number of alkyl halides is 3. The molecule has 0 bridgehead atoms. The number of hydrogen-bond acceptors (Lipinski definition) is 2. The van der Waals surface area contributed by atoms with Gasteiger partial charge in [-0.2, -0.15) is 13.2 Å². The maximum atomic E-state index is 12.7. The Morgan fingerprint density at radius 2 is 2.05 bits per heavy atom. The molecular formula is C11H6ClF3N2O2. The number of halogens is 4. The van der Waals surface area contributed by atoms with Crippen LogP contribution in [0.2, 0.25) is 5.02 Å². The molecule has 0 atom stereocenters. The number of aromatic nitrogens is 2. The van der Waals surface area contributed by atoms with E-state index in [-0.39, 0.29) is 11.5 Å². The van der Waals surface area contributed by atoms with Crippen molar-refractivity contribution in [1.82, 2.24) is 9.55 Å². The first-order valence-electron chi connectivity index (χ1n) is 4.95. The normalized spacial score (nSPS) is 11.6. The molecule has 8 heteroatoms. The highest BCUT2D eigenvalue weighted by molar-refractivity contribution is 6.33. The Balaban J connectivity index is 2.64. The summed E-state index contributed by atoms with van der Waals surface area (Å²) in [6, 6.07) is 3.35. The number of carboxylic acids is 1. The van der Waals surface area contributed by atoms with Crippen molar-refractivity contribution in [2.45, 2.75) is 6.18 Å². The summed E-state index contributed by atoms with van der Waals surface area (Å²) in [6.07, 6.45) is -2.43. The van der Waals surface area contributed by atoms with E-state index >= 15 is 0 Å². The maximum Gasteiger partial charge on any atom is 0.418 e. The Bertz CT molecular complexity index is 637. The first kappa shape index (κ1) is 13.4. The predicted octanol–water partition coefficient (Wildman–Crippen LogP) is 3.24. The van der Waals surface area contributed by atoms with E-state index in [0.29, 0.717) is 0 Å². The molecular weight excluding hydrogens is 285 g/mol. The van der Waals surface area contributed by atoms with Gasteiger partial charge < -0.3 is 5.11 Å². The number of carbonyl (C=O) groups is 1. The summed E-state index contributed by atoms with van der Waals surface area (Å²) in [5, 5.41) is 8.28. The second kappa shape index (κ2) is 4.58. The van der Waals surface area contributed by atoms with Gasteiger partial charge in [0, 0.05) is 12.4 Å². The van der Waals surface area contributed by atoms with Gasteiger partial charge in [0.25, 0.3) is 0 Å². The van der Waals surface area contributed by atoms with Gasteiger partial charge in [-0.05, 0) is 18.2 Å². The lowest BCUT2D eigenvalue weighted by molar-refractivity contribution is -0.137. The van der Waals surface area contributed by atoms with E-state index in [2.05, 4.69) is 4.98 Å². The van der Waals surface area contributed by atoms with Crippen molar-refractivity contribution in [1.29, 1.82) is 0 Å². The highest BCUT2D eigenvalue weighted by atomic mass is 35.5. The molecule has 0 radical (unpaired) electrons. The van der Waals surface area contributed by atoms with Crippen molar-refractivity contribution in [3.05, 3.63) is 46.9 Å². The summed E-state index contributed by atoms with van der Waals surface area (Å²) in [5.74, 6) is -1.57. The molecule has 0 amide bonds. The predicted molar refractivity (Wildman–Crippen MR) is 60.5 cm³/mol. The molecule has 2 heterocycles. The van der Waals surface area contributed by atoms with Crippen molar-refractivity contribution in [3.63, 3.8) is 0 Å². The van der Waals surface area contributed by atoms with Gasteiger partial charge in [-0.1, -0.05) is 11.6 Å². The fourth-order valence-electron chi connectivity index (χ4n) is 1.56. The van der Waals surface area contributed by atoms with Crippen LogP contribution < -0.4 is 0 Å². The maximum absolute atomic E-state index is 12.7. The monoisotopic (exact) mass is 290 g/mol. The minimum absolute atomic E-state index is 0.228. The van der Waals surface area contributed by atoms with Crippen LogP contribution in [-0.2, 0) is 6.18 Å². The van der Waals surface area contributed by atoms with Crippen LogP contribution in [0.5, 0.6) is 0 Å². The number of aromatic carboxylic acids is 1. The quantitative estimate of drug-likeness (QED) is 0.924. The molecule has 2 aromatic heterocycles. The average Bonchev–Trinajstić information content (AvgIpc) is 2.76. The minimum atomic E-state index is -4.63. The van der Waals surface area contributed by atoms with Crippen molar-refractivity contribution in [2.75, 3.05) is 0 Å². The zero-order valence-electron chi connectivity index (χ0n) is 9.15. The summed E-state index contributed by atoms with van der Waals surface area (Å²) >= 11 is 5.67. The minimum Gasteiger partial charge on any atom is -0.477 e. The van der Waals surface area contributed by atoms with Crippen LogP contribution in [0.25, 0.3) is 5.82 Å². The third-order valence-corrected chi connectivity index (χ3v) is 2.74. The van der Waals surface area contributed by atoms with Gasteiger partial charge in [0.05, 0.1) is 10.6 Å². The Morgan fingerprint density at radius 1 is 1.37 bits per heavy atom. The molecule has 0 aliphatic carbocycles. The molecule has 0 spiro atoms. The number of rotatable bonds is 2. The molecule has 2 aromatic rings. The standard InChI is InChI=1S/C11H6ClF3N2O2/c12-8-6(11(13,14)15)3-4-16-9(8)17-5-1-2-7(17)10(18)19/h1-5H,(H,18,19). The summed E-state index contributed by atoms with van der Waals surface area (Å²) in [7, 11) is 0. The largest absolute Gasteiger partial charge is 0.477 e. The third kappa shape index (κ3) is 2.41. The van der Waals surface area contributed by atoms with Crippen LogP contribution in [-0.4, -0.2) is 20.6 Å². The highest BCUT2D eigenvalue weighted by Gasteiger charge is 2.34. The molecule has 1 N–H and O–H groups in total. The van der Waals surface area contributed by atoms with Crippen molar-refractivity contribution >= 4 is 17.6 Å². The molecule has 0 aliphatic rings. The smallest absolute Gasteiger partial charge is 0.418 e. The summed E-state index contributed by atoms with van der Waals surface area (Å²) in [5.41, 5.74) is -1.29. The molecule has 0 unspecified atom stereocenters. The van der Waals surface area contributed by atoms with Crippen LogP contribution in [0.15, 0.2) is 30.6 Å². The van der Waals surface area contributed by atoms with E-state index in [1.54, 1.807) is 0 Å². The number of hydrogen-bond donors (Lipinski definition) is 1. The zero-order chi connectivity index (χ0) is 14.2. The van der Waals surface area contributed by atoms with Crippen molar-refractivity contribution in [3.8, 4) is 5.82 Å². The molecule has 19 heavy (non-hydrogen) atoms. The Labute approximate surface area is 110 Å². The number of carboxylic acid groups (broad SMARTS) is 1. The van der Waals surface area contributed by atoms with Crippen LogP contribution in [0.3, 0.4) is 0 Å². The van der Waals surface area contributed by atoms with Crippen molar-refractivity contribution < 1.29 is 23.1 Å². The summed E-state index contributed by atoms with van der Waals surface area (Å²) in [4.78, 5) is 14.6. The lowest BCUT2D eigenvalue weighted by Crippen LogP contribution is -2.12. The molecule has 2 rings (SSSR count). The van der Waals surface area contributed by atoms with E-state index in [9.17, 15) is 18.0 Å². The van der Waals surface area contributed by atoms with Gasteiger partial charge in [0.15, 0.2) is 5.82 Å². The fourth-order valence-corrected chi connectivity index (χ4v) is 1.87. The van der Waals surface area contributed by atoms with Gasteiger partial charge >= 0.3 is 12.1 Å². The molecule has 0 aliphatic heterocycles. The van der Waals surface area contributed by atoms with Crippen LogP contribution >= 0.6 is 11.6 Å². The van der Waals surface area contributed by atoms with Crippen LogP contribution in [0.4, 0.5) is 13.2 Å². The van der Waals surface area contributed by atoms with Gasteiger partial charge in [0.1, 0.15) is 5.69 Å². The summed E-state index contributed by atoms with van der Waals surface area (Å²) < 4.78 is 39.1. The van der Waals surface area contributed by atoms with E-state index in [1.807, 2.05) is 0 Å². The zero-order valence-corrected chi connectivity index (χ0v) is 9.90. The lowest BCUT2D eigenvalue weighted by Gasteiger charge is -2.13. The molecule has 4 nitrogen and oxygen atoms in total. The van der Waals surface area contributed by atoms with Crippen molar-refractivity contribution in [2.24, 2.45) is 0 Å². The van der Waals surface area contributed by atoms with Crippen LogP contribution in [0, 0.1) is 0 Å².